The molecule has 146 valence electrons. The minimum atomic E-state index is -0.0256. The van der Waals surface area contributed by atoms with Crippen molar-refractivity contribution in [1.29, 1.82) is 0 Å². The first-order valence-corrected chi connectivity index (χ1v) is 10.2. The number of nitrogens with one attached hydrogen (secondary N) is 1. The van der Waals surface area contributed by atoms with Gasteiger partial charge in [0.1, 0.15) is 5.75 Å². The van der Waals surface area contributed by atoms with Gasteiger partial charge in [-0.1, -0.05) is 32.0 Å². The van der Waals surface area contributed by atoms with Crippen LogP contribution in [0.2, 0.25) is 0 Å². The number of nitrogens with zero attached hydrogens (tertiary/aromatic N) is 1. The fourth-order valence-electron chi connectivity index (χ4n) is 4.20. The molecular formula is C24H28N2O2. The standard InChI is InChI=1S/C24H28N2O2/c1-16(2)17-11-12-20-19(15-17)22(24(27)25-20)23(26-13-7-4-8-14-26)18-9-5-6-10-21(18)28-3/h5-6,9-12,15-16H,4,7-8,13-14H2,1-3H3,(H,25,27)/b23-22-. The van der Waals surface area contributed by atoms with Gasteiger partial charge in [0.05, 0.1) is 18.4 Å². The van der Waals surface area contributed by atoms with Gasteiger partial charge in [0.2, 0.25) is 0 Å². The van der Waals surface area contributed by atoms with E-state index < -0.39 is 0 Å². The number of amides is 1. The molecule has 4 heteroatoms. The zero-order valence-electron chi connectivity index (χ0n) is 16.9. The Morgan fingerprint density at radius 2 is 1.82 bits per heavy atom. The molecular weight excluding hydrogens is 348 g/mol. The molecule has 0 bridgehead atoms. The van der Waals surface area contributed by atoms with E-state index in [-0.39, 0.29) is 5.91 Å². The fraction of sp³-hybridized carbons (Fsp3) is 0.375. The summed E-state index contributed by atoms with van der Waals surface area (Å²) in [6, 6.07) is 14.3. The Bertz CT molecular complexity index is 924. The van der Waals surface area contributed by atoms with Crippen molar-refractivity contribution in [2.75, 3.05) is 25.5 Å². The highest BCUT2D eigenvalue weighted by atomic mass is 16.5. The lowest BCUT2D eigenvalue weighted by molar-refractivity contribution is -0.110. The molecule has 2 aromatic carbocycles. The fourth-order valence-corrected chi connectivity index (χ4v) is 4.20. The van der Waals surface area contributed by atoms with E-state index in [4.69, 9.17) is 4.74 Å². The summed E-state index contributed by atoms with van der Waals surface area (Å²) in [5, 5.41) is 3.08. The van der Waals surface area contributed by atoms with Crippen LogP contribution < -0.4 is 10.1 Å². The summed E-state index contributed by atoms with van der Waals surface area (Å²) in [6.45, 7) is 6.29. The van der Waals surface area contributed by atoms with Crippen molar-refractivity contribution >= 4 is 22.9 Å². The van der Waals surface area contributed by atoms with E-state index in [9.17, 15) is 4.79 Å². The van der Waals surface area contributed by atoms with E-state index in [1.165, 1.54) is 12.0 Å². The molecule has 2 aromatic rings. The zero-order chi connectivity index (χ0) is 19.7. The van der Waals surface area contributed by atoms with Crippen LogP contribution >= 0.6 is 0 Å². The first-order valence-electron chi connectivity index (χ1n) is 10.2. The van der Waals surface area contributed by atoms with Crippen LogP contribution in [0.25, 0.3) is 11.3 Å². The van der Waals surface area contributed by atoms with Crippen LogP contribution in [0.5, 0.6) is 5.75 Å². The second kappa shape index (κ2) is 7.70. The number of fused-ring (bicyclic) bond motifs is 1. The van der Waals surface area contributed by atoms with Crippen LogP contribution in [0.1, 0.15) is 55.7 Å². The maximum absolute atomic E-state index is 13.1. The predicted molar refractivity (Wildman–Crippen MR) is 114 cm³/mol. The number of hydrogen-bond acceptors (Lipinski definition) is 3. The van der Waals surface area contributed by atoms with Gasteiger partial charge in [-0.25, -0.2) is 0 Å². The SMILES string of the molecule is COc1ccccc1/C(=C1/C(=O)Nc2ccc(C(C)C)cc21)N1CCCCC1. The predicted octanol–water partition coefficient (Wildman–Crippen LogP) is 5.12. The van der Waals surface area contributed by atoms with E-state index >= 15 is 0 Å². The minimum absolute atomic E-state index is 0.0256. The molecule has 0 radical (unpaired) electrons. The average molecular weight is 377 g/mol. The Hall–Kier alpha value is -2.75. The highest BCUT2D eigenvalue weighted by Gasteiger charge is 2.32. The summed E-state index contributed by atoms with van der Waals surface area (Å²) in [6.07, 6.45) is 3.53. The molecule has 0 unspecified atom stereocenters. The van der Waals surface area contributed by atoms with Crippen molar-refractivity contribution in [2.24, 2.45) is 0 Å². The number of para-hydroxylation sites is 1. The third-order valence-electron chi connectivity index (χ3n) is 5.73. The summed E-state index contributed by atoms with van der Waals surface area (Å²) in [7, 11) is 1.69. The van der Waals surface area contributed by atoms with Crippen molar-refractivity contribution in [2.45, 2.75) is 39.0 Å². The van der Waals surface area contributed by atoms with Crippen molar-refractivity contribution in [3.8, 4) is 5.75 Å². The zero-order valence-corrected chi connectivity index (χ0v) is 16.9. The number of ether oxygens (including phenoxy) is 1. The molecule has 2 aliphatic rings. The minimum Gasteiger partial charge on any atom is -0.496 e. The normalized spacial score (nSPS) is 18.1. The monoisotopic (exact) mass is 376 g/mol. The number of likely N-dealkylation sites (tertiary alicyclic amines) is 1. The number of methoxy groups -OCH3 is 1. The van der Waals surface area contributed by atoms with E-state index in [0.717, 1.165) is 59.8 Å². The molecule has 2 aliphatic heterocycles. The molecule has 0 aromatic heterocycles. The number of hydrogen-bond donors (Lipinski definition) is 1. The Balaban J connectivity index is 1.97. The number of anilines is 1. The van der Waals surface area contributed by atoms with E-state index in [1.807, 2.05) is 24.3 Å². The third kappa shape index (κ3) is 3.28. The Labute approximate surface area is 167 Å². The van der Waals surface area contributed by atoms with Crippen molar-refractivity contribution in [1.82, 2.24) is 4.90 Å². The summed E-state index contributed by atoms with van der Waals surface area (Å²) in [4.78, 5) is 15.5. The molecule has 0 spiro atoms. The van der Waals surface area contributed by atoms with Crippen LogP contribution in [0.4, 0.5) is 5.69 Å². The van der Waals surface area contributed by atoms with Gasteiger partial charge in [0.25, 0.3) is 5.91 Å². The smallest absolute Gasteiger partial charge is 0.258 e. The van der Waals surface area contributed by atoms with E-state index in [1.54, 1.807) is 7.11 Å². The first kappa shape index (κ1) is 18.6. The molecule has 0 saturated carbocycles. The van der Waals surface area contributed by atoms with Gasteiger partial charge in [-0.3, -0.25) is 4.79 Å². The number of rotatable bonds is 4. The maximum Gasteiger partial charge on any atom is 0.258 e. The summed E-state index contributed by atoms with van der Waals surface area (Å²) in [5.41, 5.74) is 5.89. The van der Waals surface area contributed by atoms with Gasteiger partial charge in [-0.2, -0.15) is 0 Å². The molecule has 2 heterocycles. The van der Waals surface area contributed by atoms with Gasteiger partial charge in [0.15, 0.2) is 0 Å². The average Bonchev–Trinajstić information content (AvgIpc) is 3.04. The third-order valence-corrected chi connectivity index (χ3v) is 5.73. The van der Waals surface area contributed by atoms with Crippen LogP contribution in [0.15, 0.2) is 42.5 Å². The number of carbonyl (C=O) groups is 1. The Morgan fingerprint density at radius 3 is 2.54 bits per heavy atom. The lowest BCUT2D eigenvalue weighted by atomic mass is 9.94. The van der Waals surface area contributed by atoms with Crippen LogP contribution in [-0.2, 0) is 4.79 Å². The highest BCUT2D eigenvalue weighted by molar-refractivity contribution is 6.36. The van der Waals surface area contributed by atoms with Crippen LogP contribution in [-0.4, -0.2) is 31.0 Å². The van der Waals surface area contributed by atoms with Gasteiger partial charge in [0, 0.05) is 29.9 Å². The van der Waals surface area contributed by atoms with Crippen molar-refractivity contribution < 1.29 is 9.53 Å². The summed E-state index contributed by atoms with van der Waals surface area (Å²) in [5.74, 6) is 1.19. The molecule has 1 fully saturated rings. The summed E-state index contributed by atoms with van der Waals surface area (Å²) >= 11 is 0. The Kier molecular flexibility index (Phi) is 5.12. The van der Waals surface area contributed by atoms with Crippen LogP contribution in [0, 0.1) is 0 Å². The molecule has 0 atom stereocenters. The highest BCUT2D eigenvalue weighted by Crippen LogP contribution is 2.42. The first-order chi connectivity index (χ1) is 13.6. The lowest BCUT2D eigenvalue weighted by Crippen LogP contribution is -2.30. The molecule has 4 rings (SSSR count). The molecule has 0 aliphatic carbocycles. The van der Waals surface area contributed by atoms with E-state index in [0.29, 0.717) is 5.92 Å². The van der Waals surface area contributed by atoms with Crippen molar-refractivity contribution in [3.05, 3.63) is 59.2 Å². The Morgan fingerprint density at radius 1 is 1.07 bits per heavy atom. The van der Waals surface area contributed by atoms with E-state index in [2.05, 4.69) is 42.3 Å². The van der Waals surface area contributed by atoms with Gasteiger partial charge in [-0.05, 0) is 55.0 Å². The second-order valence-corrected chi connectivity index (χ2v) is 7.89. The molecule has 28 heavy (non-hydrogen) atoms. The largest absolute Gasteiger partial charge is 0.496 e. The number of piperidine rings is 1. The van der Waals surface area contributed by atoms with Crippen LogP contribution in [0.3, 0.4) is 0 Å². The van der Waals surface area contributed by atoms with Crippen molar-refractivity contribution in [3.63, 3.8) is 0 Å². The number of benzene rings is 2. The molecule has 1 amide bonds. The molecule has 4 nitrogen and oxygen atoms in total. The van der Waals surface area contributed by atoms with Gasteiger partial charge in [-0.15, -0.1) is 0 Å². The topological polar surface area (TPSA) is 41.6 Å². The van der Waals surface area contributed by atoms with Gasteiger partial charge >= 0.3 is 0 Å². The lowest BCUT2D eigenvalue weighted by Gasteiger charge is -2.33. The second-order valence-electron chi connectivity index (χ2n) is 7.89. The number of carbonyl (C=O) groups excluding carboxylic acids is 1. The summed E-state index contributed by atoms with van der Waals surface area (Å²) < 4.78 is 5.67. The quantitative estimate of drug-likeness (QED) is 0.753. The van der Waals surface area contributed by atoms with Gasteiger partial charge < -0.3 is 15.0 Å². The molecule has 1 N–H and O–H groups in total. The molecule has 1 saturated heterocycles. The maximum atomic E-state index is 13.1.